The molecule has 2 aliphatic heterocycles. The first kappa shape index (κ1) is 26.8. The molecule has 0 amide bonds. The minimum Gasteiger partial charge on any atom is -0.475 e. The minimum absolute atomic E-state index is 0.645. The Bertz CT molecular complexity index is 868. The van der Waals surface area contributed by atoms with Gasteiger partial charge in [-0.25, -0.2) is 9.59 Å². The van der Waals surface area contributed by atoms with E-state index in [-0.39, 0.29) is 0 Å². The zero-order chi connectivity index (χ0) is 24.8. The van der Waals surface area contributed by atoms with Gasteiger partial charge in [0.1, 0.15) is 5.51 Å². The summed E-state index contributed by atoms with van der Waals surface area (Å²) >= 11 is 3.46. The Morgan fingerprint density at radius 3 is 2.06 bits per heavy atom. The van der Waals surface area contributed by atoms with Crippen LogP contribution in [0.4, 0.5) is 31.5 Å². The van der Waals surface area contributed by atoms with Gasteiger partial charge in [-0.2, -0.15) is 37.7 Å². The molecule has 0 spiro atoms. The number of halogens is 6. The Hall–Kier alpha value is -2.46. The second-order valence-corrected chi connectivity index (χ2v) is 8.43. The Balaban J connectivity index is 0.000000230. The van der Waals surface area contributed by atoms with Gasteiger partial charge >= 0.3 is 24.3 Å². The summed E-state index contributed by atoms with van der Waals surface area (Å²) in [7, 11) is 0. The second kappa shape index (κ2) is 11.1. The predicted octanol–water partition coefficient (Wildman–Crippen LogP) is 3.72. The van der Waals surface area contributed by atoms with Crippen molar-refractivity contribution in [2.24, 2.45) is 0 Å². The van der Waals surface area contributed by atoms with Crippen molar-refractivity contribution in [2.75, 3.05) is 18.0 Å². The molecular weight excluding hydrogens is 502 g/mol. The first-order chi connectivity index (χ1) is 15.3. The Kier molecular flexibility index (Phi) is 9.02. The van der Waals surface area contributed by atoms with Crippen molar-refractivity contribution in [3.05, 3.63) is 27.9 Å². The number of alkyl halides is 6. The molecule has 16 heteroatoms. The van der Waals surface area contributed by atoms with Gasteiger partial charge in [0.2, 0.25) is 5.13 Å². The number of thiophene rings is 1. The molecule has 8 nitrogen and oxygen atoms in total. The average molecular weight is 520 g/mol. The van der Waals surface area contributed by atoms with Crippen molar-refractivity contribution in [2.45, 2.75) is 43.8 Å². The number of carboxylic acids is 2. The van der Waals surface area contributed by atoms with Gasteiger partial charge < -0.3 is 15.1 Å². The highest BCUT2D eigenvalue weighted by molar-refractivity contribution is 7.13. The van der Waals surface area contributed by atoms with E-state index >= 15 is 0 Å². The van der Waals surface area contributed by atoms with Crippen LogP contribution < -0.4 is 4.90 Å². The lowest BCUT2D eigenvalue weighted by Crippen LogP contribution is -2.36. The largest absolute Gasteiger partial charge is 0.490 e. The SMILES string of the molecule is O=C(O)C(F)(F)F.O=C(O)C(F)(F)F.c1cc(CN2CC[C@H]3[C@H]2CCN3c2nncs2)cs1. The minimum atomic E-state index is -5.08. The highest BCUT2D eigenvalue weighted by atomic mass is 32.1. The van der Waals surface area contributed by atoms with Gasteiger partial charge in [0, 0.05) is 31.7 Å². The first-order valence-corrected chi connectivity index (χ1v) is 11.0. The molecule has 184 valence electrons. The van der Waals surface area contributed by atoms with E-state index < -0.39 is 24.3 Å². The van der Waals surface area contributed by atoms with Crippen LogP contribution in [0, 0.1) is 0 Å². The quantitative estimate of drug-likeness (QED) is 0.590. The van der Waals surface area contributed by atoms with Gasteiger partial charge in [0.25, 0.3) is 0 Å². The summed E-state index contributed by atoms with van der Waals surface area (Å²) in [5.74, 6) is -5.51. The van der Waals surface area contributed by atoms with E-state index in [1.165, 1.54) is 24.9 Å². The van der Waals surface area contributed by atoms with Crippen LogP contribution in [0.2, 0.25) is 0 Å². The van der Waals surface area contributed by atoms with E-state index in [4.69, 9.17) is 19.8 Å². The van der Waals surface area contributed by atoms with Crippen molar-refractivity contribution in [3.8, 4) is 0 Å². The Morgan fingerprint density at radius 2 is 1.61 bits per heavy atom. The number of hydrogen-bond donors (Lipinski definition) is 2. The van der Waals surface area contributed by atoms with Crippen molar-refractivity contribution in [1.82, 2.24) is 15.1 Å². The van der Waals surface area contributed by atoms with Crippen LogP contribution >= 0.6 is 22.7 Å². The number of likely N-dealkylation sites (tertiary alicyclic amines) is 1. The third-order valence-corrected chi connectivity index (χ3v) is 6.20. The molecule has 2 aromatic rings. The number of hydrogen-bond acceptors (Lipinski definition) is 8. The molecule has 33 heavy (non-hydrogen) atoms. The van der Waals surface area contributed by atoms with Gasteiger partial charge in [-0.1, -0.05) is 11.3 Å². The number of carboxylic acid groups (broad SMARTS) is 2. The number of anilines is 1. The van der Waals surface area contributed by atoms with E-state index in [1.54, 1.807) is 22.7 Å². The summed E-state index contributed by atoms with van der Waals surface area (Å²) in [6.45, 7) is 3.44. The summed E-state index contributed by atoms with van der Waals surface area (Å²) in [5, 5.41) is 28.0. The van der Waals surface area contributed by atoms with E-state index in [0.717, 1.165) is 18.2 Å². The van der Waals surface area contributed by atoms with Gasteiger partial charge in [0.15, 0.2) is 0 Å². The lowest BCUT2D eigenvalue weighted by Gasteiger charge is -2.24. The zero-order valence-electron chi connectivity index (χ0n) is 16.6. The van der Waals surface area contributed by atoms with E-state index in [0.29, 0.717) is 12.1 Å². The van der Waals surface area contributed by atoms with Crippen LogP contribution in [0.3, 0.4) is 0 Å². The summed E-state index contributed by atoms with van der Waals surface area (Å²) in [5.41, 5.74) is 3.29. The van der Waals surface area contributed by atoms with Crippen LogP contribution in [0.15, 0.2) is 22.3 Å². The molecule has 0 radical (unpaired) electrons. The molecule has 2 fully saturated rings. The maximum Gasteiger partial charge on any atom is 0.490 e. The van der Waals surface area contributed by atoms with E-state index in [9.17, 15) is 26.3 Å². The fourth-order valence-electron chi connectivity index (χ4n) is 3.42. The summed E-state index contributed by atoms with van der Waals surface area (Å²) in [6, 6.07) is 3.59. The molecule has 4 heterocycles. The second-order valence-electron chi connectivity index (χ2n) is 6.83. The zero-order valence-corrected chi connectivity index (χ0v) is 18.2. The fourth-order valence-corrected chi connectivity index (χ4v) is 4.72. The number of fused-ring (bicyclic) bond motifs is 1. The molecule has 0 bridgehead atoms. The fraction of sp³-hybridized carbons (Fsp3) is 0.529. The molecule has 0 saturated carbocycles. The van der Waals surface area contributed by atoms with Crippen LogP contribution in [0.25, 0.3) is 0 Å². The van der Waals surface area contributed by atoms with Gasteiger partial charge in [-0.3, -0.25) is 4.90 Å². The molecule has 2 atom stereocenters. The molecule has 2 aromatic heterocycles. The predicted molar refractivity (Wildman–Crippen MR) is 106 cm³/mol. The third kappa shape index (κ3) is 7.82. The third-order valence-electron chi connectivity index (χ3n) is 4.74. The van der Waals surface area contributed by atoms with Crippen molar-refractivity contribution < 1.29 is 46.1 Å². The molecule has 2 saturated heterocycles. The van der Waals surface area contributed by atoms with Crippen LogP contribution in [0.1, 0.15) is 18.4 Å². The van der Waals surface area contributed by atoms with E-state index in [1.807, 2.05) is 5.51 Å². The first-order valence-electron chi connectivity index (χ1n) is 9.19. The van der Waals surface area contributed by atoms with Crippen LogP contribution in [-0.2, 0) is 16.1 Å². The topological polar surface area (TPSA) is 107 Å². The molecule has 0 unspecified atom stereocenters. The number of carbonyl (C=O) groups is 2. The van der Waals surface area contributed by atoms with Gasteiger partial charge in [0.05, 0.1) is 0 Å². The van der Waals surface area contributed by atoms with Crippen LogP contribution in [-0.4, -0.2) is 74.8 Å². The average Bonchev–Trinajstić information content (AvgIpc) is 3.49. The smallest absolute Gasteiger partial charge is 0.475 e. The lowest BCUT2D eigenvalue weighted by atomic mass is 10.1. The maximum absolute atomic E-state index is 10.6. The lowest BCUT2D eigenvalue weighted by molar-refractivity contribution is -0.193. The van der Waals surface area contributed by atoms with Gasteiger partial charge in [-0.05, 0) is 35.2 Å². The Morgan fingerprint density at radius 1 is 1.03 bits per heavy atom. The highest BCUT2D eigenvalue weighted by Gasteiger charge is 2.43. The maximum atomic E-state index is 10.6. The van der Waals surface area contributed by atoms with Crippen molar-refractivity contribution in [1.29, 1.82) is 0 Å². The monoisotopic (exact) mass is 520 g/mol. The Labute approximate surface area is 191 Å². The summed E-state index contributed by atoms with van der Waals surface area (Å²) in [4.78, 5) is 22.9. The van der Waals surface area contributed by atoms with Gasteiger partial charge in [-0.15, -0.1) is 10.2 Å². The normalized spacial score (nSPS) is 20.4. The molecule has 2 N–H and O–H groups in total. The highest BCUT2D eigenvalue weighted by Crippen LogP contribution is 2.36. The summed E-state index contributed by atoms with van der Waals surface area (Å²) < 4.78 is 63.5. The number of nitrogens with zero attached hydrogens (tertiary/aromatic N) is 4. The number of aromatic nitrogens is 2. The number of rotatable bonds is 3. The van der Waals surface area contributed by atoms with E-state index in [2.05, 4.69) is 36.8 Å². The molecule has 4 rings (SSSR count). The van der Waals surface area contributed by atoms with Crippen molar-refractivity contribution in [3.63, 3.8) is 0 Å². The molecule has 0 aromatic carbocycles. The number of aliphatic carboxylic acids is 2. The van der Waals surface area contributed by atoms with Crippen molar-refractivity contribution >= 4 is 39.7 Å². The molecular formula is C17H18F6N4O4S2. The summed E-state index contributed by atoms with van der Waals surface area (Å²) in [6.07, 6.45) is -7.65. The van der Waals surface area contributed by atoms with Crippen LogP contribution in [0.5, 0.6) is 0 Å². The molecule has 2 aliphatic rings. The molecule has 0 aliphatic carbocycles. The standard InChI is InChI=1S/C13H16N4S2.2C2HF3O2/c1-4-16(7-10-3-6-18-8-10)11-2-5-17(12(1)11)13-15-14-9-19-13;2*3-2(4,5)1(6)7/h3,6,8-9,11-12H,1-2,4-5,7H2;2*(H,6,7)/t11-,12+;;/m1../s1.